The third-order valence-corrected chi connectivity index (χ3v) is 7.64. The molecule has 0 aromatic carbocycles. The van der Waals surface area contributed by atoms with Crippen molar-refractivity contribution >= 4 is 5.91 Å². The zero-order valence-corrected chi connectivity index (χ0v) is 18.3. The van der Waals surface area contributed by atoms with Gasteiger partial charge in [0.05, 0.1) is 18.8 Å². The van der Waals surface area contributed by atoms with Crippen molar-refractivity contribution in [3.05, 3.63) is 22.8 Å². The largest absolute Gasteiger partial charge is 0.392 e. The summed E-state index contributed by atoms with van der Waals surface area (Å²) in [6.07, 6.45) is 1.98. The van der Waals surface area contributed by atoms with E-state index in [4.69, 9.17) is 4.74 Å². The molecule has 0 saturated heterocycles. The van der Waals surface area contributed by atoms with Gasteiger partial charge in [0, 0.05) is 31.9 Å². The molecule has 0 bridgehead atoms. The number of amides is 1. The number of rotatable bonds is 5. The molecule has 0 heterocycles. The predicted molar refractivity (Wildman–Crippen MR) is 111 cm³/mol. The van der Waals surface area contributed by atoms with Gasteiger partial charge in [-0.05, 0) is 49.5 Å². The molecule has 3 aliphatic rings. The maximum absolute atomic E-state index is 11.4. The first kappa shape index (κ1) is 22.5. The third kappa shape index (κ3) is 3.92. The predicted octanol–water partition coefficient (Wildman–Crippen LogP) is 1.80. The second-order valence-corrected chi connectivity index (χ2v) is 9.55. The van der Waals surface area contributed by atoms with Crippen molar-refractivity contribution in [2.24, 2.45) is 29.1 Å². The number of nitrogens with one attached hydrogen (secondary N) is 1. The lowest BCUT2D eigenvalue weighted by atomic mass is 9.68. The van der Waals surface area contributed by atoms with Gasteiger partial charge in [0.15, 0.2) is 0 Å². The van der Waals surface area contributed by atoms with Crippen molar-refractivity contribution in [3.8, 4) is 0 Å². The minimum Gasteiger partial charge on any atom is -0.392 e. The Balaban J connectivity index is 2.10. The van der Waals surface area contributed by atoms with Gasteiger partial charge in [-0.2, -0.15) is 0 Å². The van der Waals surface area contributed by atoms with Gasteiger partial charge in [-0.15, -0.1) is 0 Å². The standard InChI is InChI=1S/C23H37NO5/c1-12(10-24-14(3)25)17-8-19(26)23(4)9-18-15(11-29-5)6-7-16(18)13(2)21(27)22(28)20(17)23/h9,12-13,15-16,19,21-22,26-28H,6-8,10-11H2,1-5H3,(H,24,25)/b18-9-/t12-,13-,15-,16+,19+,21-,22-,23+/m1/s1. The molecule has 8 atom stereocenters. The summed E-state index contributed by atoms with van der Waals surface area (Å²) < 4.78 is 5.45. The van der Waals surface area contributed by atoms with Crippen LogP contribution in [0.4, 0.5) is 0 Å². The van der Waals surface area contributed by atoms with Gasteiger partial charge in [0.25, 0.3) is 0 Å². The van der Waals surface area contributed by atoms with Gasteiger partial charge in [-0.3, -0.25) is 4.79 Å². The van der Waals surface area contributed by atoms with E-state index in [0.717, 1.165) is 24.0 Å². The zero-order chi connectivity index (χ0) is 21.5. The molecule has 6 nitrogen and oxygen atoms in total. The monoisotopic (exact) mass is 407 g/mol. The summed E-state index contributed by atoms with van der Waals surface area (Å²) in [4.78, 5) is 11.4. The van der Waals surface area contributed by atoms with Crippen molar-refractivity contribution < 1.29 is 24.9 Å². The Bertz CT molecular complexity index is 701. The Morgan fingerprint density at radius 1 is 1.34 bits per heavy atom. The molecule has 0 aromatic rings. The Morgan fingerprint density at radius 2 is 2.03 bits per heavy atom. The Hall–Kier alpha value is -1.21. The van der Waals surface area contributed by atoms with Gasteiger partial charge in [-0.1, -0.05) is 31.1 Å². The summed E-state index contributed by atoms with van der Waals surface area (Å²) in [7, 11) is 1.71. The molecule has 1 amide bonds. The first-order chi connectivity index (χ1) is 13.6. The molecular weight excluding hydrogens is 370 g/mol. The van der Waals surface area contributed by atoms with E-state index in [0.29, 0.717) is 19.6 Å². The summed E-state index contributed by atoms with van der Waals surface area (Å²) in [6.45, 7) is 8.54. The van der Waals surface area contributed by atoms with E-state index in [1.54, 1.807) is 7.11 Å². The molecule has 0 radical (unpaired) electrons. The summed E-state index contributed by atoms with van der Waals surface area (Å²) in [5, 5.41) is 36.3. The van der Waals surface area contributed by atoms with Crippen LogP contribution in [0, 0.1) is 29.1 Å². The van der Waals surface area contributed by atoms with Crippen molar-refractivity contribution in [1.29, 1.82) is 0 Å². The number of fused-ring (bicyclic) bond motifs is 2. The fraction of sp³-hybridized carbons (Fsp3) is 0.783. The second-order valence-electron chi connectivity index (χ2n) is 9.55. The molecule has 3 rings (SSSR count). The van der Waals surface area contributed by atoms with Crippen LogP contribution in [-0.4, -0.2) is 59.8 Å². The smallest absolute Gasteiger partial charge is 0.216 e. The Kier molecular flexibility index (Phi) is 6.59. The normalized spacial score (nSPS) is 42.4. The third-order valence-electron chi connectivity index (χ3n) is 7.64. The second kappa shape index (κ2) is 8.50. The molecule has 0 aromatic heterocycles. The van der Waals surface area contributed by atoms with Crippen LogP contribution in [0.25, 0.3) is 0 Å². The first-order valence-electron chi connectivity index (χ1n) is 10.8. The van der Waals surface area contributed by atoms with E-state index in [-0.39, 0.29) is 29.6 Å². The van der Waals surface area contributed by atoms with Gasteiger partial charge in [-0.25, -0.2) is 0 Å². The molecule has 164 valence electrons. The number of ether oxygens (including phenoxy) is 1. The maximum atomic E-state index is 11.4. The lowest BCUT2D eigenvalue weighted by Gasteiger charge is -2.41. The fourth-order valence-electron chi connectivity index (χ4n) is 5.86. The van der Waals surface area contributed by atoms with Crippen LogP contribution in [0.5, 0.6) is 0 Å². The molecule has 3 aliphatic carbocycles. The van der Waals surface area contributed by atoms with Crippen molar-refractivity contribution in [2.45, 2.75) is 65.3 Å². The van der Waals surface area contributed by atoms with Crippen molar-refractivity contribution in [3.63, 3.8) is 0 Å². The van der Waals surface area contributed by atoms with Crippen LogP contribution in [0.1, 0.15) is 47.0 Å². The van der Waals surface area contributed by atoms with Crippen LogP contribution in [0.3, 0.4) is 0 Å². The Morgan fingerprint density at radius 3 is 2.66 bits per heavy atom. The molecule has 0 unspecified atom stereocenters. The molecule has 29 heavy (non-hydrogen) atoms. The van der Waals surface area contributed by atoms with Gasteiger partial charge in [0.1, 0.15) is 6.10 Å². The van der Waals surface area contributed by atoms with Gasteiger partial charge in [0.2, 0.25) is 5.91 Å². The van der Waals surface area contributed by atoms with Crippen LogP contribution in [-0.2, 0) is 9.53 Å². The van der Waals surface area contributed by atoms with E-state index in [1.165, 1.54) is 12.5 Å². The molecule has 0 aliphatic heterocycles. The quantitative estimate of drug-likeness (QED) is 0.521. The average molecular weight is 408 g/mol. The number of hydrogen-bond acceptors (Lipinski definition) is 5. The van der Waals surface area contributed by atoms with Crippen molar-refractivity contribution in [1.82, 2.24) is 5.32 Å². The molecular formula is C23H37NO5. The zero-order valence-electron chi connectivity index (χ0n) is 18.3. The minimum absolute atomic E-state index is 0.0329. The van der Waals surface area contributed by atoms with Gasteiger partial charge >= 0.3 is 0 Å². The summed E-state index contributed by atoms with van der Waals surface area (Å²) in [6, 6.07) is 0. The SMILES string of the molecule is COC[C@H]1CC[C@@H]2/C1=C\[C@]1(C)C(=C([C@H](C)CNC(C)=O)C[C@@H]1O)[C@@H](O)[C@H](O)[C@@H]2C. The molecule has 4 N–H and O–H groups in total. The summed E-state index contributed by atoms with van der Waals surface area (Å²) in [5.41, 5.74) is 2.20. The highest BCUT2D eigenvalue weighted by Gasteiger charge is 2.52. The van der Waals surface area contributed by atoms with E-state index >= 15 is 0 Å². The lowest BCUT2D eigenvalue weighted by Crippen LogP contribution is -2.45. The maximum Gasteiger partial charge on any atom is 0.216 e. The molecule has 0 spiro atoms. The average Bonchev–Trinajstić information content (AvgIpc) is 3.16. The number of carbonyl (C=O) groups is 1. The summed E-state index contributed by atoms with van der Waals surface area (Å²) in [5.74, 6) is 0.246. The topological polar surface area (TPSA) is 99.0 Å². The van der Waals surface area contributed by atoms with Crippen LogP contribution < -0.4 is 5.32 Å². The highest BCUT2D eigenvalue weighted by atomic mass is 16.5. The van der Waals surface area contributed by atoms with E-state index in [1.807, 2.05) is 20.8 Å². The van der Waals surface area contributed by atoms with E-state index in [9.17, 15) is 20.1 Å². The van der Waals surface area contributed by atoms with Crippen LogP contribution >= 0.6 is 0 Å². The number of aliphatic hydroxyl groups is 3. The number of carbonyl (C=O) groups excluding carboxylic acids is 1. The van der Waals surface area contributed by atoms with Gasteiger partial charge < -0.3 is 25.4 Å². The Labute approximate surface area is 174 Å². The highest BCUT2D eigenvalue weighted by molar-refractivity contribution is 5.72. The molecule has 1 saturated carbocycles. The minimum atomic E-state index is -1.03. The van der Waals surface area contributed by atoms with Crippen molar-refractivity contribution in [2.75, 3.05) is 20.3 Å². The number of methoxy groups -OCH3 is 1. The number of hydrogen-bond donors (Lipinski definition) is 4. The highest BCUT2D eigenvalue weighted by Crippen LogP contribution is 2.54. The van der Waals surface area contributed by atoms with Crippen LogP contribution in [0.15, 0.2) is 22.8 Å². The molecule has 6 heteroatoms. The molecule has 1 fully saturated rings. The van der Waals surface area contributed by atoms with E-state index < -0.39 is 23.7 Å². The van der Waals surface area contributed by atoms with Crippen LogP contribution in [0.2, 0.25) is 0 Å². The number of aliphatic hydroxyl groups excluding tert-OH is 3. The van der Waals surface area contributed by atoms with E-state index in [2.05, 4.69) is 11.4 Å². The lowest BCUT2D eigenvalue weighted by molar-refractivity contribution is -0.119. The summed E-state index contributed by atoms with van der Waals surface area (Å²) >= 11 is 0. The fourth-order valence-corrected chi connectivity index (χ4v) is 5.86. The first-order valence-corrected chi connectivity index (χ1v) is 10.8.